The van der Waals surface area contributed by atoms with Gasteiger partial charge in [0.05, 0.1) is 7.11 Å². The van der Waals surface area contributed by atoms with Crippen molar-refractivity contribution < 1.29 is 14.0 Å². The van der Waals surface area contributed by atoms with Crippen molar-refractivity contribution in [1.29, 1.82) is 0 Å². The Kier molecular flexibility index (Phi) is 5.01. The minimum atomic E-state index is 0.358. The molecule has 0 atom stereocenters. The van der Waals surface area contributed by atoms with Gasteiger partial charge in [0.25, 0.3) is 0 Å². The van der Waals surface area contributed by atoms with Gasteiger partial charge >= 0.3 is 0 Å². The molecule has 0 saturated heterocycles. The summed E-state index contributed by atoms with van der Waals surface area (Å²) in [7, 11) is 1.64. The highest BCUT2D eigenvalue weighted by atomic mass is 16.5. The van der Waals surface area contributed by atoms with Crippen LogP contribution in [0.15, 0.2) is 28.8 Å². The van der Waals surface area contributed by atoms with Crippen molar-refractivity contribution in [2.24, 2.45) is 0 Å². The third kappa shape index (κ3) is 3.51. The number of hydrogen-bond acceptors (Lipinski definition) is 5. The van der Waals surface area contributed by atoms with Crippen LogP contribution in [0.2, 0.25) is 0 Å². The third-order valence-corrected chi connectivity index (χ3v) is 2.89. The van der Waals surface area contributed by atoms with Crippen LogP contribution in [0.5, 0.6) is 11.5 Å². The average molecular weight is 276 g/mol. The van der Waals surface area contributed by atoms with Gasteiger partial charge in [-0.2, -0.15) is 0 Å². The van der Waals surface area contributed by atoms with E-state index in [0.717, 1.165) is 41.6 Å². The van der Waals surface area contributed by atoms with Crippen molar-refractivity contribution in [2.75, 3.05) is 13.7 Å². The number of para-hydroxylation sites is 1. The van der Waals surface area contributed by atoms with Gasteiger partial charge in [-0.05, 0) is 19.5 Å². The fraction of sp³-hybridized carbons (Fsp3) is 0.400. The number of methoxy groups -OCH3 is 1. The molecule has 0 aliphatic rings. The van der Waals surface area contributed by atoms with Crippen molar-refractivity contribution in [3.63, 3.8) is 0 Å². The Morgan fingerprint density at radius 1 is 1.35 bits per heavy atom. The molecule has 2 aromatic rings. The number of benzene rings is 1. The van der Waals surface area contributed by atoms with Crippen molar-refractivity contribution in [1.82, 2.24) is 10.5 Å². The zero-order valence-corrected chi connectivity index (χ0v) is 12.1. The predicted molar refractivity (Wildman–Crippen MR) is 75.9 cm³/mol. The first kappa shape index (κ1) is 14.4. The smallest absolute Gasteiger partial charge is 0.166 e. The summed E-state index contributed by atoms with van der Waals surface area (Å²) < 4.78 is 16.3. The minimum absolute atomic E-state index is 0.358. The van der Waals surface area contributed by atoms with Crippen LogP contribution < -0.4 is 14.8 Å². The Labute approximate surface area is 118 Å². The number of nitrogens with one attached hydrogen (secondary N) is 1. The lowest BCUT2D eigenvalue weighted by molar-refractivity contribution is 0.268. The molecule has 2 rings (SSSR count). The molecule has 0 radical (unpaired) electrons. The molecule has 1 N–H and O–H groups in total. The van der Waals surface area contributed by atoms with Crippen LogP contribution in [0.25, 0.3) is 0 Å². The lowest BCUT2D eigenvalue weighted by Gasteiger charge is -2.14. The second-order valence-electron chi connectivity index (χ2n) is 4.45. The number of aryl methyl sites for hydroxylation is 1. The van der Waals surface area contributed by atoms with E-state index in [1.165, 1.54) is 0 Å². The molecule has 0 spiro atoms. The van der Waals surface area contributed by atoms with Crippen molar-refractivity contribution in [3.8, 4) is 11.5 Å². The standard InChI is InChI=1S/C15H20N2O3/c1-4-16-9-12-6-5-7-14(18-3)15(12)19-10-13-8-11(2)20-17-13/h5-8,16H,4,9-10H2,1-3H3. The maximum absolute atomic E-state index is 5.87. The minimum Gasteiger partial charge on any atom is -0.493 e. The molecule has 0 bridgehead atoms. The van der Waals surface area contributed by atoms with E-state index in [-0.39, 0.29) is 0 Å². The first-order valence-electron chi connectivity index (χ1n) is 6.66. The van der Waals surface area contributed by atoms with Gasteiger partial charge in [0, 0.05) is 18.2 Å². The molecule has 108 valence electrons. The first-order valence-corrected chi connectivity index (χ1v) is 6.66. The molecule has 0 fully saturated rings. The average Bonchev–Trinajstić information content (AvgIpc) is 2.88. The molecule has 20 heavy (non-hydrogen) atoms. The Hall–Kier alpha value is -2.01. The van der Waals surface area contributed by atoms with Crippen LogP contribution in [-0.4, -0.2) is 18.8 Å². The number of ether oxygens (including phenoxy) is 2. The molecular formula is C15H20N2O3. The maximum atomic E-state index is 5.87. The van der Waals surface area contributed by atoms with Crippen molar-refractivity contribution in [2.45, 2.75) is 27.0 Å². The highest BCUT2D eigenvalue weighted by molar-refractivity contribution is 5.46. The van der Waals surface area contributed by atoms with Gasteiger partial charge in [-0.1, -0.05) is 24.2 Å². The van der Waals surface area contributed by atoms with E-state index in [4.69, 9.17) is 14.0 Å². The van der Waals surface area contributed by atoms with Gasteiger partial charge in [0.15, 0.2) is 11.5 Å². The first-order chi connectivity index (χ1) is 9.74. The summed E-state index contributed by atoms with van der Waals surface area (Å²) in [6.07, 6.45) is 0. The molecule has 0 aliphatic heterocycles. The lowest BCUT2D eigenvalue weighted by atomic mass is 10.2. The second kappa shape index (κ2) is 6.96. The third-order valence-electron chi connectivity index (χ3n) is 2.89. The van der Waals surface area contributed by atoms with Crippen molar-refractivity contribution >= 4 is 0 Å². The van der Waals surface area contributed by atoms with E-state index in [0.29, 0.717) is 6.61 Å². The van der Waals surface area contributed by atoms with Crippen molar-refractivity contribution in [3.05, 3.63) is 41.3 Å². The number of rotatable bonds is 7. The lowest BCUT2D eigenvalue weighted by Crippen LogP contribution is -2.13. The molecular weight excluding hydrogens is 256 g/mol. The van der Waals surface area contributed by atoms with Gasteiger partial charge in [-0.3, -0.25) is 0 Å². The van der Waals surface area contributed by atoms with Gasteiger partial charge in [-0.25, -0.2) is 0 Å². The highest BCUT2D eigenvalue weighted by Crippen LogP contribution is 2.31. The zero-order valence-electron chi connectivity index (χ0n) is 12.1. The van der Waals surface area contributed by atoms with E-state index in [2.05, 4.69) is 17.4 Å². The summed E-state index contributed by atoms with van der Waals surface area (Å²) in [6.45, 7) is 5.92. The number of nitrogens with zero attached hydrogens (tertiary/aromatic N) is 1. The molecule has 1 aromatic heterocycles. The molecule has 1 heterocycles. The van der Waals surface area contributed by atoms with Gasteiger partial charge < -0.3 is 19.3 Å². The fourth-order valence-corrected chi connectivity index (χ4v) is 1.92. The molecule has 0 unspecified atom stereocenters. The van der Waals surface area contributed by atoms with Crippen LogP contribution in [0.1, 0.15) is 23.9 Å². The predicted octanol–water partition coefficient (Wildman–Crippen LogP) is 2.68. The Bertz CT molecular complexity index is 552. The summed E-state index contributed by atoms with van der Waals surface area (Å²) >= 11 is 0. The zero-order chi connectivity index (χ0) is 14.4. The summed E-state index contributed by atoms with van der Waals surface area (Å²) in [6, 6.07) is 7.73. The quantitative estimate of drug-likeness (QED) is 0.842. The molecule has 0 amide bonds. The summed E-state index contributed by atoms with van der Waals surface area (Å²) in [5.74, 6) is 2.24. The van der Waals surface area contributed by atoms with E-state index in [9.17, 15) is 0 Å². The Balaban J connectivity index is 2.14. The topological polar surface area (TPSA) is 56.5 Å². The van der Waals surface area contributed by atoms with Gasteiger partial charge in [0.2, 0.25) is 0 Å². The number of aromatic nitrogens is 1. The van der Waals surface area contributed by atoms with Crippen LogP contribution >= 0.6 is 0 Å². The summed E-state index contributed by atoms with van der Waals surface area (Å²) in [5.41, 5.74) is 1.83. The summed E-state index contributed by atoms with van der Waals surface area (Å²) in [4.78, 5) is 0. The van der Waals surface area contributed by atoms with E-state index >= 15 is 0 Å². The molecule has 5 heteroatoms. The molecule has 5 nitrogen and oxygen atoms in total. The Morgan fingerprint density at radius 3 is 2.85 bits per heavy atom. The van der Waals surface area contributed by atoms with Crippen LogP contribution in [0.3, 0.4) is 0 Å². The van der Waals surface area contributed by atoms with Crippen LogP contribution in [0.4, 0.5) is 0 Å². The Morgan fingerprint density at radius 2 is 2.20 bits per heavy atom. The van der Waals surface area contributed by atoms with Gasteiger partial charge in [0.1, 0.15) is 18.1 Å². The SMILES string of the molecule is CCNCc1cccc(OC)c1OCc1cc(C)on1. The molecule has 1 aromatic carbocycles. The molecule has 0 aliphatic carbocycles. The van der Waals surface area contributed by atoms with E-state index in [1.54, 1.807) is 7.11 Å². The van der Waals surface area contributed by atoms with Crippen LogP contribution in [0, 0.1) is 6.92 Å². The number of hydrogen-bond donors (Lipinski definition) is 1. The van der Waals surface area contributed by atoms with Gasteiger partial charge in [-0.15, -0.1) is 0 Å². The monoisotopic (exact) mass is 276 g/mol. The van der Waals surface area contributed by atoms with E-state index < -0.39 is 0 Å². The molecule has 0 saturated carbocycles. The summed E-state index contributed by atoms with van der Waals surface area (Å²) in [5, 5.41) is 7.21. The maximum Gasteiger partial charge on any atom is 0.166 e. The van der Waals surface area contributed by atoms with Crippen LogP contribution in [-0.2, 0) is 13.2 Å². The normalized spacial score (nSPS) is 10.6. The second-order valence-corrected chi connectivity index (χ2v) is 4.45. The highest BCUT2D eigenvalue weighted by Gasteiger charge is 2.11. The van der Waals surface area contributed by atoms with E-state index in [1.807, 2.05) is 31.2 Å². The fourth-order valence-electron chi connectivity index (χ4n) is 1.92. The largest absolute Gasteiger partial charge is 0.493 e.